The molecule has 1 aromatic carbocycles. The normalized spacial score (nSPS) is 11.8. The van der Waals surface area contributed by atoms with Crippen molar-refractivity contribution >= 4 is 12.0 Å². The molecule has 0 saturated heterocycles. The number of hydrogen-bond donors (Lipinski definition) is 0. The van der Waals surface area contributed by atoms with Gasteiger partial charge in [-0.15, -0.1) is 0 Å². The number of likely N-dealkylation sites (N-methyl/N-ethyl adjacent to an activating group) is 1. The maximum absolute atomic E-state index is 12.4. The predicted molar refractivity (Wildman–Crippen MR) is 59.2 cm³/mol. The minimum atomic E-state index is -4.37. The Morgan fingerprint density at radius 3 is 2.47 bits per heavy atom. The van der Waals surface area contributed by atoms with Crippen LogP contribution in [0.15, 0.2) is 30.3 Å². The lowest BCUT2D eigenvalue weighted by molar-refractivity contribution is -0.137. The van der Waals surface area contributed by atoms with Gasteiger partial charge in [0.2, 0.25) is 5.91 Å². The molecule has 1 amide bonds. The molecule has 0 saturated carbocycles. The van der Waals surface area contributed by atoms with Crippen LogP contribution in [0.4, 0.5) is 13.2 Å². The number of nitrogens with zero attached hydrogens (tertiary/aromatic N) is 1. The van der Waals surface area contributed by atoms with E-state index in [9.17, 15) is 18.0 Å². The van der Waals surface area contributed by atoms with Gasteiger partial charge in [0.05, 0.1) is 5.56 Å². The van der Waals surface area contributed by atoms with E-state index in [2.05, 4.69) is 0 Å². The molecule has 17 heavy (non-hydrogen) atoms. The molecule has 5 heteroatoms. The van der Waals surface area contributed by atoms with E-state index in [4.69, 9.17) is 0 Å². The Hall–Kier alpha value is -1.78. The average molecular weight is 243 g/mol. The van der Waals surface area contributed by atoms with Gasteiger partial charge >= 0.3 is 6.18 Å². The Labute approximate surface area is 97.3 Å². The summed E-state index contributed by atoms with van der Waals surface area (Å²) in [6.45, 7) is 0. The van der Waals surface area contributed by atoms with E-state index >= 15 is 0 Å². The fourth-order valence-corrected chi connectivity index (χ4v) is 1.14. The summed E-state index contributed by atoms with van der Waals surface area (Å²) in [6, 6.07) is 4.81. The number of carbonyl (C=O) groups excluding carboxylic acids is 1. The molecule has 0 atom stereocenters. The maximum atomic E-state index is 12.4. The first-order valence-electron chi connectivity index (χ1n) is 4.87. The first kappa shape index (κ1) is 13.3. The van der Waals surface area contributed by atoms with Gasteiger partial charge in [-0.3, -0.25) is 4.79 Å². The van der Waals surface area contributed by atoms with E-state index in [0.29, 0.717) is 5.56 Å². The number of hydrogen-bond acceptors (Lipinski definition) is 1. The Bertz CT molecular complexity index is 436. The summed E-state index contributed by atoms with van der Waals surface area (Å²) in [5, 5.41) is 0. The summed E-state index contributed by atoms with van der Waals surface area (Å²) in [5.74, 6) is -0.276. The van der Waals surface area contributed by atoms with Gasteiger partial charge in [-0.05, 0) is 23.8 Å². The standard InChI is InChI=1S/C12H12F3NO/c1-16(2)11(17)7-6-9-4-3-5-10(8-9)12(13,14)15/h3-8H,1-2H3. The van der Waals surface area contributed by atoms with Crippen molar-refractivity contribution in [1.82, 2.24) is 4.90 Å². The Morgan fingerprint density at radius 1 is 1.29 bits per heavy atom. The SMILES string of the molecule is CN(C)C(=O)C=Cc1cccc(C(F)(F)F)c1. The van der Waals surface area contributed by atoms with E-state index in [1.54, 1.807) is 14.1 Å². The summed E-state index contributed by atoms with van der Waals surface area (Å²) in [4.78, 5) is 12.6. The predicted octanol–water partition coefficient (Wildman–Crippen LogP) is 2.81. The minimum Gasteiger partial charge on any atom is -0.345 e. The van der Waals surface area contributed by atoms with Gasteiger partial charge in [0.15, 0.2) is 0 Å². The lowest BCUT2D eigenvalue weighted by Gasteiger charge is -2.07. The fraction of sp³-hybridized carbons (Fsp3) is 0.250. The molecular formula is C12H12F3NO. The van der Waals surface area contributed by atoms with Crippen molar-refractivity contribution in [2.45, 2.75) is 6.18 Å². The van der Waals surface area contributed by atoms with Gasteiger partial charge in [0, 0.05) is 20.2 Å². The molecule has 0 heterocycles. The van der Waals surface area contributed by atoms with E-state index in [1.807, 2.05) is 0 Å². The summed E-state index contributed by atoms with van der Waals surface area (Å²) in [6.07, 6.45) is -1.78. The van der Waals surface area contributed by atoms with E-state index in [1.165, 1.54) is 29.2 Å². The van der Waals surface area contributed by atoms with Crippen molar-refractivity contribution in [3.05, 3.63) is 41.5 Å². The molecule has 2 nitrogen and oxygen atoms in total. The molecule has 0 N–H and O–H groups in total. The molecular weight excluding hydrogens is 231 g/mol. The highest BCUT2D eigenvalue weighted by molar-refractivity contribution is 5.91. The lowest BCUT2D eigenvalue weighted by atomic mass is 10.1. The first-order valence-corrected chi connectivity index (χ1v) is 4.87. The molecule has 0 aromatic heterocycles. The van der Waals surface area contributed by atoms with E-state index < -0.39 is 11.7 Å². The van der Waals surface area contributed by atoms with Crippen LogP contribution in [0.2, 0.25) is 0 Å². The second-order valence-electron chi connectivity index (χ2n) is 3.69. The Morgan fingerprint density at radius 2 is 1.94 bits per heavy atom. The second kappa shape index (κ2) is 5.03. The van der Waals surface area contributed by atoms with Crippen molar-refractivity contribution in [2.75, 3.05) is 14.1 Å². The van der Waals surface area contributed by atoms with Crippen LogP contribution in [0.5, 0.6) is 0 Å². The monoisotopic (exact) mass is 243 g/mol. The zero-order valence-corrected chi connectivity index (χ0v) is 9.45. The molecule has 0 unspecified atom stereocenters. The summed E-state index contributed by atoms with van der Waals surface area (Å²) in [7, 11) is 3.14. The van der Waals surface area contributed by atoms with Crippen molar-refractivity contribution < 1.29 is 18.0 Å². The van der Waals surface area contributed by atoms with Gasteiger partial charge in [0.25, 0.3) is 0 Å². The smallest absolute Gasteiger partial charge is 0.345 e. The minimum absolute atomic E-state index is 0.276. The molecule has 1 rings (SSSR count). The molecule has 0 radical (unpaired) electrons. The summed E-state index contributed by atoms with van der Waals surface area (Å²) < 4.78 is 37.2. The molecule has 1 aromatic rings. The molecule has 92 valence electrons. The van der Waals surface area contributed by atoms with E-state index in [0.717, 1.165) is 12.1 Å². The highest BCUT2D eigenvalue weighted by Crippen LogP contribution is 2.29. The highest BCUT2D eigenvalue weighted by Gasteiger charge is 2.30. The quantitative estimate of drug-likeness (QED) is 0.731. The number of alkyl halides is 3. The highest BCUT2D eigenvalue weighted by atomic mass is 19.4. The number of amides is 1. The number of carbonyl (C=O) groups is 1. The fourth-order valence-electron chi connectivity index (χ4n) is 1.14. The Kier molecular flexibility index (Phi) is 3.93. The molecule has 0 aliphatic heterocycles. The van der Waals surface area contributed by atoms with Crippen LogP contribution in [0.25, 0.3) is 6.08 Å². The molecule has 0 bridgehead atoms. The van der Waals surface area contributed by atoms with Crippen molar-refractivity contribution in [2.24, 2.45) is 0 Å². The van der Waals surface area contributed by atoms with Gasteiger partial charge in [0.1, 0.15) is 0 Å². The van der Waals surface area contributed by atoms with Crippen molar-refractivity contribution in [1.29, 1.82) is 0 Å². The largest absolute Gasteiger partial charge is 0.416 e. The van der Waals surface area contributed by atoms with Crippen LogP contribution in [-0.2, 0) is 11.0 Å². The number of rotatable bonds is 2. The average Bonchev–Trinajstić information content (AvgIpc) is 2.25. The number of benzene rings is 1. The summed E-state index contributed by atoms with van der Waals surface area (Å²) >= 11 is 0. The van der Waals surface area contributed by atoms with Crippen LogP contribution < -0.4 is 0 Å². The van der Waals surface area contributed by atoms with Gasteiger partial charge < -0.3 is 4.90 Å². The van der Waals surface area contributed by atoms with Crippen LogP contribution in [0.1, 0.15) is 11.1 Å². The van der Waals surface area contributed by atoms with Crippen LogP contribution in [-0.4, -0.2) is 24.9 Å². The third kappa shape index (κ3) is 3.94. The van der Waals surface area contributed by atoms with Crippen molar-refractivity contribution in [3.8, 4) is 0 Å². The summed E-state index contributed by atoms with van der Waals surface area (Å²) in [5.41, 5.74) is -0.382. The number of halogens is 3. The second-order valence-corrected chi connectivity index (χ2v) is 3.69. The molecule has 0 aliphatic carbocycles. The Balaban J connectivity index is 2.90. The molecule has 0 fully saturated rings. The molecule has 0 spiro atoms. The van der Waals surface area contributed by atoms with Gasteiger partial charge in [-0.2, -0.15) is 13.2 Å². The third-order valence-corrected chi connectivity index (χ3v) is 2.07. The molecule has 0 aliphatic rings. The third-order valence-electron chi connectivity index (χ3n) is 2.07. The van der Waals surface area contributed by atoms with Gasteiger partial charge in [-0.25, -0.2) is 0 Å². The van der Waals surface area contributed by atoms with Crippen LogP contribution in [0.3, 0.4) is 0 Å². The zero-order valence-electron chi connectivity index (χ0n) is 9.45. The topological polar surface area (TPSA) is 20.3 Å². The zero-order chi connectivity index (χ0) is 13.1. The van der Waals surface area contributed by atoms with E-state index in [-0.39, 0.29) is 5.91 Å². The maximum Gasteiger partial charge on any atom is 0.416 e. The van der Waals surface area contributed by atoms with Gasteiger partial charge in [-0.1, -0.05) is 12.1 Å². The van der Waals surface area contributed by atoms with Crippen LogP contribution in [0, 0.1) is 0 Å². The van der Waals surface area contributed by atoms with Crippen LogP contribution >= 0.6 is 0 Å². The first-order chi connectivity index (χ1) is 7.80. The van der Waals surface area contributed by atoms with Crippen molar-refractivity contribution in [3.63, 3.8) is 0 Å². The lowest BCUT2D eigenvalue weighted by Crippen LogP contribution is -2.18.